The molecule has 2 nitrogen and oxygen atoms in total. The van der Waals surface area contributed by atoms with Gasteiger partial charge in [-0.3, -0.25) is 0 Å². The Morgan fingerprint density at radius 1 is 1.15 bits per heavy atom. The quantitative estimate of drug-likeness (QED) is 0.762. The molecule has 2 rings (SSSR count). The number of rotatable bonds is 6. The minimum absolute atomic E-state index is 0.326. The van der Waals surface area contributed by atoms with Gasteiger partial charge in [0.05, 0.1) is 17.6 Å². The van der Waals surface area contributed by atoms with Gasteiger partial charge in [-0.15, -0.1) is 0 Å². The third-order valence-corrected chi connectivity index (χ3v) is 3.93. The maximum Gasteiger partial charge on any atom is 0.135 e. The lowest BCUT2D eigenvalue weighted by molar-refractivity contribution is 0.412. The summed E-state index contributed by atoms with van der Waals surface area (Å²) in [5.41, 5.74) is 2.39. The minimum atomic E-state index is 0.326. The summed E-state index contributed by atoms with van der Waals surface area (Å²) in [6.07, 6.45) is 2.24. The van der Waals surface area contributed by atoms with Crippen LogP contribution in [0.3, 0.4) is 0 Å². The molecule has 0 radical (unpaired) electrons. The van der Waals surface area contributed by atoms with Crippen molar-refractivity contribution in [2.75, 3.05) is 12.4 Å². The average Bonchev–Trinajstić information content (AvgIpc) is 2.49. The van der Waals surface area contributed by atoms with Crippen LogP contribution in [0.5, 0.6) is 5.75 Å². The standard InChI is InChI=1S/C17H20BrNO/c1-3-7-16(13-8-5-4-6-9-13)19-14-10-11-15(18)17(12-14)20-2/h4-6,8-12,16,19H,3,7H2,1-2H3. The minimum Gasteiger partial charge on any atom is -0.495 e. The number of anilines is 1. The number of ether oxygens (including phenoxy) is 1. The summed E-state index contributed by atoms with van der Waals surface area (Å²) in [4.78, 5) is 0. The van der Waals surface area contributed by atoms with Crippen LogP contribution in [0.1, 0.15) is 31.4 Å². The molecule has 0 fully saturated rings. The van der Waals surface area contributed by atoms with Crippen LogP contribution in [0, 0.1) is 0 Å². The zero-order valence-electron chi connectivity index (χ0n) is 11.9. The molecule has 0 heterocycles. The van der Waals surface area contributed by atoms with Crippen molar-refractivity contribution in [1.82, 2.24) is 0 Å². The summed E-state index contributed by atoms with van der Waals surface area (Å²) in [6, 6.07) is 17.0. The Morgan fingerprint density at radius 2 is 1.90 bits per heavy atom. The number of methoxy groups -OCH3 is 1. The fourth-order valence-corrected chi connectivity index (χ4v) is 2.66. The van der Waals surface area contributed by atoms with Gasteiger partial charge < -0.3 is 10.1 Å². The normalized spacial score (nSPS) is 11.9. The van der Waals surface area contributed by atoms with Crippen molar-refractivity contribution in [1.29, 1.82) is 0 Å². The molecule has 0 aliphatic carbocycles. The maximum atomic E-state index is 5.35. The molecule has 2 aromatic rings. The van der Waals surface area contributed by atoms with Gasteiger partial charge in [0.25, 0.3) is 0 Å². The average molecular weight is 334 g/mol. The highest BCUT2D eigenvalue weighted by molar-refractivity contribution is 9.10. The third-order valence-electron chi connectivity index (χ3n) is 3.27. The van der Waals surface area contributed by atoms with Gasteiger partial charge in [0, 0.05) is 11.8 Å². The molecule has 106 valence electrons. The molecular formula is C17H20BrNO. The van der Waals surface area contributed by atoms with Gasteiger partial charge in [0.1, 0.15) is 5.75 Å². The Bertz CT molecular complexity index is 542. The Kier molecular flexibility index (Phi) is 5.48. The molecule has 0 bridgehead atoms. The molecule has 1 atom stereocenters. The Hall–Kier alpha value is -1.48. The van der Waals surface area contributed by atoms with Crippen LogP contribution in [0.15, 0.2) is 53.0 Å². The van der Waals surface area contributed by atoms with Gasteiger partial charge in [0.2, 0.25) is 0 Å². The number of nitrogens with one attached hydrogen (secondary N) is 1. The predicted molar refractivity (Wildman–Crippen MR) is 88.4 cm³/mol. The summed E-state index contributed by atoms with van der Waals surface area (Å²) in [6.45, 7) is 2.21. The van der Waals surface area contributed by atoms with E-state index in [2.05, 4.69) is 64.6 Å². The lowest BCUT2D eigenvalue weighted by Gasteiger charge is -2.20. The number of hydrogen-bond donors (Lipinski definition) is 1. The monoisotopic (exact) mass is 333 g/mol. The molecule has 0 saturated heterocycles. The number of benzene rings is 2. The molecule has 20 heavy (non-hydrogen) atoms. The van der Waals surface area contributed by atoms with Gasteiger partial charge in [-0.2, -0.15) is 0 Å². The van der Waals surface area contributed by atoms with Crippen LogP contribution >= 0.6 is 15.9 Å². The first kappa shape index (κ1) is 14.9. The van der Waals surface area contributed by atoms with E-state index in [4.69, 9.17) is 4.74 Å². The molecule has 0 aliphatic rings. The zero-order chi connectivity index (χ0) is 14.4. The Morgan fingerprint density at radius 3 is 2.55 bits per heavy atom. The van der Waals surface area contributed by atoms with E-state index in [-0.39, 0.29) is 0 Å². The maximum absolute atomic E-state index is 5.35. The highest BCUT2D eigenvalue weighted by atomic mass is 79.9. The topological polar surface area (TPSA) is 21.3 Å². The molecule has 0 spiro atoms. The van der Waals surface area contributed by atoms with E-state index in [1.54, 1.807) is 7.11 Å². The van der Waals surface area contributed by atoms with Crippen molar-refractivity contribution in [3.63, 3.8) is 0 Å². The summed E-state index contributed by atoms with van der Waals surface area (Å²) in [7, 11) is 1.69. The fourth-order valence-electron chi connectivity index (χ4n) is 2.25. The van der Waals surface area contributed by atoms with Crippen LogP contribution < -0.4 is 10.1 Å². The van der Waals surface area contributed by atoms with E-state index >= 15 is 0 Å². The van der Waals surface area contributed by atoms with Crippen molar-refractivity contribution in [3.8, 4) is 5.75 Å². The molecular weight excluding hydrogens is 314 g/mol. The summed E-state index contributed by atoms with van der Waals surface area (Å²) in [5.74, 6) is 0.846. The van der Waals surface area contributed by atoms with Crippen LogP contribution in [0.4, 0.5) is 5.69 Å². The first-order valence-corrected chi connectivity index (χ1v) is 7.69. The van der Waals surface area contributed by atoms with Crippen molar-refractivity contribution >= 4 is 21.6 Å². The van der Waals surface area contributed by atoms with Crippen molar-refractivity contribution in [3.05, 3.63) is 58.6 Å². The lowest BCUT2D eigenvalue weighted by atomic mass is 10.0. The lowest BCUT2D eigenvalue weighted by Crippen LogP contribution is -2.10. The first-order valence-electron chi connectivity index (χ1n) is 6.89. The Labute approximate surface area is 129 Å². The van der Waals surface area contributed by atoms with Gasteiger partial charge in [-0.05, 0) is 40.0 Å². The largest absolute Gasteiger partial charge is 0.495 e. The highest BCUT2D eigenvalue weighted by Crippen LogP contribution is 2.30. The Balaban J connectivity index is 2.20. The molecule has 0 amide bonds. The second kappa shape index (κ2) is 7.34. The summed E-state index contributed by atoms with van der Waals surface area (Å²) in [5, 5.41) is 3.60. The van der Waals surface area contributed by atoms with Crippen LogP contribution in [0.25, 0.3) is 0 Å². The second-order valence-corrected chi connectivity index (χ2v) is 5.60. The molecule has 1 N–H and O–H groups in total. The summed E-state index contributed by atoms with van der Waals surface area (Å²) < 4.78 is 6.32. The molecule has 0 saturated carbocycles. The fraction of sp³-hybridized carbons (Fsp3) is 0.294. The second-order valence-electron chi connectivity index (χ2n) is 4.75. The molecule has 2 aromatic carbocycles. The van der Waals surface area contributed by atoms with E-state index in [9.17, 15) is 0 Å². The molecule has 3 heteroatoms. The van der Waals surface area contributed by atoms with Crippen molar-refractivity contribution in [2.24, 2.45) is 0 Å². The van der Waals surface area contributed by atoms with Crippen molar-refractivity contribution < 1.29 is 4.74 Å². The first-order chi connectivity index (χ1) is 9.74. The van der Waals surface area contributed by atoms with Gasteiger partial charge in [0.15, 0.2) is 0 Å². The number of hydrogen-bond acceptors (Lipinski definition) is 2. The van der Waals surface area contributed by atoms with E-state index in [0.717, 1.165) is 28.8 Å². The van der Waals surface area contributed by atoms with E-state index in [1.807, 2.05) is 12.1 Å². The van der Waals surface area contributed by atoms with Crippen LogP contribution in [-0.2, 0) is 0 Å². The van der Waals surface area contributed by atoms with Gasteiger partial charge >= 0.3 is 0 Å². The third kappa shape index (κ3) is 3.76. The number of halogens is 1. The smallest absolute Gasteiger partial charge is 0.135 e. The molecule has 0 aromatic heterocycles. The zero-order valence-corrected chi connectivity index (χ0v) is 13.5. The van der Waals surface area contributed by atoms with Gasteiger partial charge in [-0.1, -0.05) is 43.7 Å². The molecule has 0 aliphatic heterocycles. The van der Waals surface area contributed by atoms with Crippen molar-refractivity contribution in [2.45, 2.75) is 25.8 Å². The summed E-state index contributed by atoms with van der Waals surface area (Å²) >= 11 is 3.48. The molecule has 1 unspecified atom stereocenters. The van der Waals surface area contributed by atoms with Crippen LogP contribution in [0.2, 0.25) is 0 Å². The van der Waals surface area contributed by atoms with Gasteiger partial charge in [-0.25, -0.2) is 0 Å². The predicted octanol–water partition coefficient (Wildman–Crippen LogP) is 5.41. The highest BCUT2D eigenvalue weighted by Gasteiger charge is 2.11. The van der Waals surface area contributed by atoms with Crippen LogP contribution in [-0.4, -0.2) is 7.11 Å². The van der Waals surface area contributed by atoms with E-state index < -0.39 is 0 Å². The van der Waals surface area contributed by atoms with E-state index in [1.165, 1.54) is 5.56 Å². The SMILES string of the molecule is CCCC(Nc1ccc(Br)c(OC)c1)c1ccccc1. The van der Waals surface area contributed by atoms with E-state index in [0.29, 0.717) is 6.04 Å².